The molecule has 0 bridgehead atoms. The second-order valence-corrected chi connectivity index (χ2v) is 6.35. The summed E-state index contributed by atoms with van der Waals surface area (Å²) in [6.45, 7) is 6.26. The average molecular weight is 339 g/mol. The number of rotatable bonds is 5. The number of hydrazine groups is 2. The molecule has 2 atom stereocenters. The van der Waals surface area contributed by atoms with Crippen molar-refractivity contribution in [2.75, 3.05) is 10.6 Å². The van der Waals surface area contributed by atoms with E-state index in [1.54, 1.807) is 0 Å². The van der Waals surface area contributed by atoms with Crippen molar-refractivity contribution in [3.8, 4) is 0 Å². The highest BCUT2D eigenvalue weighted by Crippen LogP contribution is 2.16. The van der Waals surface area contributed by atoms with E-state index in [9.17, 15) is 4.79 Å². The number of carbonyl (C=O) groups excluding carboxylic acids is 1. The van der Waals surface area contributed by atoms with E-state index in [0.717, 1.165) is 17.8 Å². The molecule has 2 aromatic carbocycles. The molecule has 0 aromatic heterocycles. The molecule has 0 aliphatic carbocycles. The molecule has 1 aliphatic rings. The van der Waals surface area contributed by atoms with Crippen LogP contribution in [0.2, 0.25) is 0 Å². The zero-order valence-corrected chi connectivity index (χ0v) is 14.8. The van der Waals surface area contributed by atoms with Crippen molar-refractivity contribution in [2.24, 2.45) is 0 Å². The van der Waals surface area contributed by atoms with E-state index in [2.05, 4.69) is 59.9 Å². The van der Waals surface area contributed by atoms with Crippen LogP contribution in [0, 0.1) is 13.8 Å². The normalized spacial score (nSPS) is 19.6. The summed E-state index contributed by atoms with van der Waals surface area (Å²) in [7, 11) is 0. The van der Waals surface area contributed by atoms with Gasteiger partial charge in [0.15, 0.2) is 0 Å². The Hall–Kier alpha value is -2.41. The lowest BCUT2D eigenvalue weighted by Crippen LogP contribution is -2.47. The summed E-state index contributed by atoms with van der Waals surface area (Å²) in [5.74, 6) is -0.108. The molecular formula is C19H25N5O. The summed E-state index contributed by atoms with van der Waals surface area (Å²) in [6, 6.07) is 13.6. The molecule has 5 N–H and O–H groups in total. The predicted octanol–water partition coefficient (Wildman–Crippen LogP) is 2.22. The third kappa shape index (κ3) is 4.17. The number of aryl methyl sites for hydroxylation is 3. The molecule has 6 heteroatoms. The number of carbonyl (C=O) groups is 1. The summed E-state index contributed by atoms with van der Waals surface area (Å²) in [4.78, 5) is 12.6. The molecule has 6 nitrogen and oxygen atoms in total. The Morgan fingerprint density at radius 2 is 1.72 bits per heavy atom. The minimum absolute atomic E-state index is 0.108. The van der Waals surface area contributed by atoms with E-state index < -0.39 is 6.04 Å². The number of anilines is 2. The highest BCUT2D eigenvalue weighted by Gasteiger charge is 2.32. The van der Waals surface area contributed by atoms with E-state index in [-0.39, 0.29) is 12.1 Å². The molecule has 3 rings (SSSR count). The van der Waals surface area contributed by atoms with Gasteiger partial charge in [0.2, 0.25) is 5.91 Å². The first-order chi connectivity index (χ1) is 12.1. The Labute approximate surface area is 148 Å². The third-order valence-electron chi connectivity index (χ3n) is 4.53. The van der Waals surface area contributed by atoms with Gasteiger partial charge < -0.3 is 10.6 Å². The topological polar surface area (TPSA) is 77.2 Å². The Morgan fingerprint density at radius 3 is 2.40 bits per heavy atom. The van der Waals surface area contributed by atoms with Crippen molar-refractivity contribution in [2.45, 2.75) is 39.4 Å². The van der Waals surface area contributed by atoms with Gasteiger partial charge >= 0.3 is 0 Å². The van der Waals surface area contributed by atoms with Crippen molar-refractivity contribution < 1.29 is 4.79 Å². The summed E-state index contributed by atoms with van der Waals surface area (Å²) in [5, 5.41) is 6.30. The molecule has 0 spiro atoms. The quantitative estimate of drug-likeness (QED) is 0.577. The van der Waals surface area contributed by atoms with Crippen molar-refractivity contribution in [1.82, 2.24) is 16.4 Å². The van der Waals surface area contributed by atoms with Gasteiger partial charge in [-0.05, 0) is 61.2 Å². The zero-order chi connectivity index (χ0) is 17.8. The molecule has 1 fully saturated rings. The lowest BCUT2D eigenvalue weighted by Gasteiger charge is -2.20. The molecule has 25 heavy (non-hydrogen) atoms. The lowest BCUT2D eigenvalue weighted by molar-refractivity contribution is -0.118. The smallest absolute Gasteiger partial charge is 0.246 e. The molecule has 0 saturated carbocycles. The fraction of sp³-hybridized carbons (Fsp3) is 0.316. The molecule has 1 heterocycles. The number of amides is 1. The molecule has 1 amide bonds. The first-order valence-corrected chi connectivity index (χ1v) is 8.56. The first kappa shape index (κ1) is 17.4. The van der Waals surface area contributed by atoms with Crippen molar-refractivity contribution in [3.63, 3.8) is 0 Å². The third-order valence-corrected chi connectivity index (χ3v) is 4.53. The molecule has 132 valence electrons. The molecule has 1 saturated heterocycles. The summed E-state index contributed by atoms with van der Waals surface area (Å²) in [5.41, 5.74) is 14.3. The summed E-state index contributed by atoms with van der Waals surface area (Å²) >= 11 is 0. The van der Waals surface area contributed by atoms with Crippen LogP contribution in [0.5, 0.6) is 0 Å². The predicted molar refractivity (Wildman–Crippen MR) is 101 cm³/mol. The minimum Gasteiger partial charge on any atom is -0.367 e. The maximum Gasteiger partial charge on any atom is 0.246 e. The Kier molecular flexibility index (Phi) is 5.33. The van der Waals surface area contributed by atoms with Gasteiger partial charge in [0, 0.05) is 11.4 Å². The van der Waals surface area contributed by atoms with E-state index in [0.29, 0.717) is 0 Å². The Morgan fingerprint density at radius 1 is 1.00 bits per heavy atom. The van der Waals surface area contributed by atoms with Gasteiger partial charge in [0.1, 0.15) is 12.2 Å². The van der Waals surface area contributed by atoms with Gasteiger partial charge in [0.25, 0.3) is 0 Å². The molecule has 1 aliphatic heterocycles. The molecule has 0 radical (unpaired) electrons. The van der Waals surface area contributed by atoms with Gasteiger partial charge in [-0.25, -0.2) is 10.9 Å². The maximum atomic E-state index is 12.6. The van der Waals surface area contributed by atoms with Crippen LogP contribution in [0.4, 0.5) is 11.4 Å². The van der Waals surface area contributed by atoms with Gasteiger partial charge in [-0.1, -0.05) is 25.1 Å². The van der Waals surface area contributed by atoms with Crippen molar-refractivity contribution >= 4 is 17.3 Å². The van der Waals surface area contributed by atoms with Crippen LogP contribution >= 0.6 is 0 Å². The summed E-state index contributed by atoms with van der Waals surface area (Å²) in [6.07, 6.45) is 0.714. The van der Waals surface area contributed by atoms with Crippen LogP contribution in [0.1, 0.15) is 23.6 Å². The van der Waals surface area contributed by atoms with Crippen LogP contribution in [-0.2, 0) is 11.2 Å². The SMILES string of the molecule is CCc1ccc(NC(=O)C2NNNC2Nc2ccc(C)c(C)c2)cc1. The Balaban J connectivity index is 1.65. The van der Waals surface area contributed by atoms with E-state index in [1.165, 1.54) is 16.7 Å². The molecule has 2 unspecified atom stereocenters. The molecular weight excluding hydrogens is 314 g/mol. The van der Waals surface area contributed by atoms with Crippen LogP contribution < -0.4 is 27.0 Å². The Bertz CT molecular complexity index is 744. The first-order valence-electron chi connectivity index (χ1n) is 8.56. The van der Waals surface area contributed by atoms with Gasteiger partial charge in [-0.3, -0.25) is 4.79 Å². The average Bonchev–Trinajstić information content (AvgIpc) is 3.07. The fourth-order valence-electron chi connectivity index (χ4n) is 2.75. The van der Waals surface area contributed by atoms with E-state index >= 15 is 0 Å². The lowest BCUT2D eigenvalue weighted by atomic mass is 10.1. The number of hydrogen-bond acceptors (Lipinski definition) is 5. The van der Waals surface area contributed by atoms with Gasteiger partial charge in [-0.2, -0.15) is 5.53 Å². The number of benzene rings is 2. The monoisotopic (exact) mass is 339 g/mol. The highest BCUT2D eigenvalue weighted by atomic mass is 16.2. The van der Waals surface area contributed by atoms with Gasteiger partial charge in [-0.15, -0.1) is 0 Å². The van der Waals surface area contributed by atoms with Crippen molar-refractivity contribution in [3.05, 3.63) is 59.2 Å². The second kappa shape index (κ2) is 7.65. The van der Waals surface area contributed by atoms with Crippen LogP contribution in [0.25, 0.3) is 0 Å². The van der Waals surface area contributed by atoms with E-state index in [4.69, 9.17) is 0 Å². The summed E-state index contributed by atoms with van der Waals surface area (Å²) < 4.78 is 0. The van der Waals surface area contributed by atoms with Crippen LogP contribution in [0.15, 0.2) is 42.5 Å². The van der Waals surface area contributed by atoms with E-state index in [1.807, 2.05) is 30.3 Å². The highest BCUT2D eigenvalue weighted by molar-refractivity contribution is 5.95. The van der Waals surface area contributed by atoms with Gasteiger partial charge in [0.05, 0.1) is 0 Å². The number of nitrogens with one attached hydrogen (secondary N) is 5. The second-order valence-electron chi connectivity index (χ2n) is 6.35. The van der Waals surface area contributed by atoms with Crippen LogP contribution in [-0.4, -0.2) is 18.1 Å². The van der Waals surface area contributed by atoms with Crippen molar-refractivity contribution in [1.29, 1.82) is 0 Å². The fourth-order valence-corrected chi connectivity index (χ4v) is 2.75. The van der Waals surface area contributed by atoms with Crippen LogP contribution in [0.3, 0.4) is 0 Å². The standard InChI is InChI=1S/C19H25N5O/c1-4-14-6-9-15(10-7-14)21-19(25)17-18(23-24-22-17)20-16-8-5-12(2)13(3)11-16/h5-11,17-18,20,22-24H,4H2,1-3H3,(H,21,25). The maximum absolute atomic E-state index is 12.6. The largest absolute Gasteiger partial charge is 0.367 e. The number of hydrogen-bond donors (Lipinski definition) is 5. The molecule has 2 aromatic rings. The zero-order valence-electron chi connectivity index (χ0n) is 14.8. The minimum atomic E-state index is -0.451.